The first-order chi connectivity index (χ1) is 7.99. The Kier molecular flexibility index (Phi) is 3.70. The molecular formula is C12H22N4S. The Bertz CT molecular complexity index is 388. The standard InChI is InChI=1S/C12H22N4S/c1-8-7-16(6-5-15(8)4)12-14-10(3)11(17-12)9(2)13/h8-9H,5-7,13H2,1-4H3. The maximum atomic E-state index is 5.95. The lowest BCUT2D eigenvalue weighted by molar-refractivity contribution is 0.234. The zero-order valence-electron chi connectivity index (χ0n) is 11.1. The number of anilines is 1. The molecule has 1 fully saturated rings. The van der Waals surface area contributed by atoms with Gasteiger partial charge in [-0.2, -0.15) is 0 Å². The van der Waals surface area contributed by atoms with E-state index in [4.69, 9.17) is 5.73 Å². The molecule has 96 valence electrons. The van der Waals surface area contributed by atoms with E-state index < -0.39 is 0 Å². The molecule has 0 amide bonds. The molecule has 2 rings (SSSR count). The van der Waals surface area contributed by atoms with E-state index in [9.17, 15) is 0 Å². The Morgan fingerprint density at radius 3 is 2.71 bits per heavy atom. The van der Waals surface area contributed by atoms with Crippen LogP contribution in [0, 0.1) is 6.92 Å². The van der Waals surface area contributed by atoms with E-state index in [-0.39, 0.29) is 6.04 Å². The molecule has 0 aliphatic carbocycles. The van der Waals surface area contributed by atoms with Crippen LogP contribution in [0.2, 0.25) is 0 Å². The summed E-state index contributed by atoms with van der Waals surface area (Å²) >= 11 is 1.75. The zero-order chi connectivity index (χ0) is 12.6. The van der Waals surface area contributed by atoms with E-state index in [1.165, 1.54) is 4.88 Å². The number of hydrogen-bond donors (Lipinski definition) is 1. The van der Waals surface area contributed by atoms with Crippen LogP contribution in [0.15, 0.2) is 0 Å². The summed E-state index contributed by atoms with van der Waals surface area (Å²) in [7, 11) is 2.18. The molecule has 5 heteroatoms. The highest BCUT2D eigenvalue weighted by molar-refractivity contribution is 7.15. The molecule has 2 heterocycles. The molecule has 1 aromatic rings. The molecule has 1 aliphatic rings. The first-order valence-electron chi connectivity index (χ1n) is 6.17. The summed E-state index contributed by atoms with van der Waals surface area (Å²) in [5.74, 6) is 0. The minimum Gasteiger partial charge on any atom is -0.345 e. The number of thiazole rings is 1. The lowest BCUT2D eigenvalue weighted by Crippen LogP contribution is -2.50. The number of hydrogen-bond acceptors (Lipinski definition) is 5. The Labute approximate surface area is 107 Å². The third-order valence-electron chi connectivity index (χ3n) is 3.46. The molecule has 2 N–H and O–H groups in total. The Morgan fingerprint density at radius 1 is 1.47 bits per heavy atom. The maximum Gasteiger partial charge on any atom is 0.185 e. The molecule has 1 saturated heterocycles. The number of aromatic nitrogens is 1. The maximum absolute atomic E-state index is 5.95. The first-order valence-corrected chi connectivity index (χ1v) is 6.98. The van der Waals surface area contributed by atoms with Crippen molar-refractivity contribution >= 4 is 16.5 Å². The third-order valence-corrected chi connectivity index (χ3v) is 4.88. The van der Waals surface area contributed by atoms with Crippen molar-refractivity contribution < 1.29 is 0 Å². The van der Waals surface area contributed by atoms with Crippen molar-refractivity contribution in [3.05, 3.63) is 10.6 Å². The molecule has 4 nitrogen and oxygen atoms in total. The summed E-state index contributed by atoms with van der Waals surface area (Å²) in [5, 5.41) is 1.13. The number of piperazine rings is 1. The largest absolute Gasteiger partial charge is 0.345 e. The van der Waals surface area contributed by atoms with E-state index in [1.807, 2.05) is 6.92 Å². The second-order valence-electron chi connectivity index (χ2n) is 5.01. The van der Waals surface area contributed by atoms with Gasteiger partial charge < -0.3 is 15.5 Å². The van der Waals surface area contributed by atoms with Gasteiger partial charge in [0.15, 0.2) is 5.13 Å². The van der Waals surface area contributed by atoms with Crippen LogP contribution in [0.3, 0.4) is 0 Å². The van der Waals surface area contributed by atoms with Crippen LogP contribution in [0.4, 0.5) is 5.13 Å². The molecule has 0 spiro atoms. The van der Waals surface area contributed by atoms with Crippen molar-refractivity contribution in [2.75, 3.05) is 31.6 Å². The monoisotopic (exact) mass is 254 g/mol. The lowest BCUT2D eigenvalue weighted by Gasteiger charge is -2.37. The van der Waals surface area contributed by atoms with Crippen molar-refractivity contribution in [2.24, 2.45) is 5.73 Å². The Morgan fingerprint density at radius 2 is 2.18 bits per heavy atom. The van der Waals surface area contributed by atoms with Crippen molar-refractivity contribution in [1.82, 2.24) is 9.88 Å². The smallest absolute Gasteiger partial charge is 0.185 e. The SMILES string of the molecule is Cc1nc(N2CCN(C)C(C)C2)sc1C(C)N. The van der Waals surface area contributed by atoms with Crippen LogP contribution in [-0.4, -0.2) is 42.6 Å². The summed E-state index contributed by atoms with van der Waals surface area (Å²) in [5.41, 5.74) is 7.04. The number of rotatable bonds is 2. The van der Waals surface area contributed by atoms with Gasteiger partial charge >= 0.3 is 0 Å². The van der Waals surface area contributed by atoms with Gasteiger partial charge in [-0.1, -0.05) is 0 Å². The van der Waals surface area contributed by atoms with Crippen molar-refractivity contribution in [3.8, 4) is 0 Å². The van der Waals surface area contributed by atoms with Crippen LogP contribution in [0.1, 0.15) is 30.5 Å². The van der Waals surface area contributed by atoms with Gasteiger partial charge in [-0.3, -0.25) is 0 Å². The summed E-state index contributed by atoms with van der Waals surface area (Å²) < 4.78 is 0. The van der Waals surface area contributed by atoms with E-state index >= 15 is 0 Å². The Balaban J connectivity index is 2.15. The molecule has 0 saturated carbocycles. The summed E-state index contributed by atoms with van der Waals surface area (Å²) in [4.78, 5) is 10.7. The minimum absolute atomic E-state index is 0.0890. The highest BCUT2D eigenvalue weighted by atomic mass is 32.1. The van der Waals surface area contributed by atoms with Crippen LogP contribution >= 0.6 is 11.3 Å². The average Bonchev–Trinajstić information content (AvgIpc) is 2.64. The molecule has 2 atom stereocenters. The van der Waals surface area contributed by atoms with Gasteiger partial charge in [0.2, 0.25) is 0 Å². The van der Waals surface area contributed by atoms with E-state index in [1.54, 1.807) is 11.3 Å². The topological polar surface area (TPSA) is 45.4 Å². The summed E-state index contributed by atoms with van der Waals surface area (Å²) in [6.07, 6.45) is 0. The van der Waals surface area contributed by atoms with Gasteiger partial charge in [0.25, 0.3) is 0 Å². The molecule has 1 aromatic heterocycles. The van der Waals surface area contributed by atoms with Gasteiger partial charge in [-0.05, 0) is 27.8 Å². The van der Waals surface area contributed by atoms with Gasteiger partial charge in [0.05, 0.1) is 5.69 Å². The van der Waals surface area contributed by atoms with Gasteiger partial charge in [0.1, 0.15) is 0 Å². The fourth-order valence-corrected chi connectivity index (χ4v) is 3.23. The predicted molar refractivity (Wildman–Crippen MR) is 73.8 cm³/mol. The third kappa shape index (κ3) is 2.61. The predicted octanol–water partition coefficient (Wildman–Crippen LogP) is 1.61. The minimum atomic E-state index is 0.0890. The van der Waals surface area contributed by atoms with E-state index in [0.29, 0.717) is 6.04 Å². The number of aryl methyl sites for hydroxylation is 1. The quantitative estimate of drug-likeness (QED) is 0.871. The fraction of sp³-hybridized carbons (Fsp3) is 0.750. The summed E-state index contributed by atoms with van der Waals surface area (Å²) in [6, 6.07) is 0.679. The van der Waals surface area contributed by atoms with E-state index in [0.717, 1.165) is 30.5 Å². The van der Waals surface area contributed by atoms with Crippen molar-refractivity contribution in [1.29, 1.82) is 0 Å². The highest BCUT2D eigenvalue weighted by Gasteiger charge is 2.23. The van der Waals surface area contributed by atoms with Crippen LogP contribution in [-0.2, 0) is 0 Å². The molecule has 0 bridgehead atoms. The molecule has 17 heavy (non-hydrogen) atoms. The summed E-state index contributed by atoms with van der Waals surface area (Å²) in [6.45, 7) is 9.57. The number of nitrogens with zero attached hydrogens (tertiary/aromatic N) is 3. The zero-order valence-corrected chi connectivity index (χ0v) is 11.9. The van der Waals surface area contributed by atoms with Gasteiger partial charge in [0, 0.05) is 36.6 Å². The van der Waals surface area contributed by atoms with Crippen molar-refractivity contribution in [3.63, 3.8) is 0 Å². The van der Waals surface area contributed by atoms with Gasteiger partial charge in [-0.25, -0.2) is 4.98 Å². The van der Waals surface area contributed by atoms with Crippen LogP contribution in [0.5, 0.6) is 0 Å². The van der Waals surface area contributed by atoms with Crippen molar-refractivity contribution in [2.45, 2.75) is 32.9 Å². The van der Waals surface area contributed by atoms with E-state index in [2.05, 4.69) is 35.7 Å². The van der Waals surface area contributed by atoms with Crippen LogP contribution < -0.4 is 10.6 Å². The molecule has 0 radical (unpaired) electrons. The first kappa shape index (κ1) is 12.8. The van der Waals surface area contributed by atoms with Gasteiger partial charge in [-0.15, -0.1) is 11.3 Å². The number of nitrogens with two attached hydrogens (primary N) is 1. The lowest BCUT2D eigenvalue weighted by atomic mass is 10.2. The fourth-order valence-electron chi connectivity index (χ4n) is 2.17. The highest BCUT2D eigenvalue weighted by Crippen LogP contribution is 2.30. The molecule has 1 aliphatic heterocycles. The second-order valence-corrected chi connectivity index (χ2v) is 6.02. The second kappa shape index (κ2) is 4.92. The molecular weight excluding hydrogens is 232 g/mol. The van der Waals surface area contributed by atoms with Crippen LogP contribution in [0.25, 0.3) is 0 Å². The Hall–Kier alpha value is -0.650. The molecule has 0 aromatic carbocycles. The average molecular weight is 254 g/mol. The normalized spacial score (nSPS) is 24.1. The number of likely N-dealkylation sites (N-methyl/N-ethyl adjacent to an activating group) is 1. The molecule has 2 unspecified atom stereocenters.